The highest BCUT2D eigenvalue weighted by molar-refractivity contribution is 7.85. The fraction of sp³-hybridized carbons (Fsp3) is 0.483. The summed E-state index contributed by atoms with van der Waals surface area (Å²) in [6.45, 7) is 8.15. The highest BCUT2D eigenvalue weighted by atomic mass is 32.2. The van der Waals surface area contributed by atoms with Crippen molar-refractivity contribution in [1.82, 2.24) is 0 Å². The van der Waals surface area contributed by atoms with Crippen molar-refractivity contribution in [3.05, 3.63) is 59.7 Å². The Morgan fingerprint density at radius 3 is 1.68 bits per heavy atom. The lowest BCUT2D eigenvalue weighted by atomic mass is 10.1. The van der Waals surface area contributed by atoms with Gasteiger partial charge in [0.2, 0.25) is 0 Å². The van der Waals surface area contributed by atoms with Crippen LogP contribution in [0.25, 0.3) is 12.2 Å². The first-order chi connectivity index (χ1) is 18.9. The Hall–Kier alpha value is -2.96. The van der Waals surface area contributed by atoms with Gasteiger partial charge in [0.25, 0.3) is 10.1 Å². The van der Waals surface area contributed by atoms with Crippen LogP contribution in [-0.4, -0.2) is 86.3 Å². The molecule has 11 heteroatoms. The van der Waals surface area contributed by atoms with Gasteiger partial charge in [-0.2, -0.15) is 8.42 Å². The van der Waals surface area contributed by atoms with Crippen LogP contribution >= 0.6 is 0 Å². The minimum atomic E-state index is -3.43. The number of rotatable bonds is 17. The van der Waals surface area contributed by atoms with Gasteiger partial charge < -0.3 is 23.7 Å². The van der Waals surface area contributed by atoms with Crippen LogP contribution in [0.2, 0.25) is 0 Å². The van der Waals surface area contributed by atoms with Crippen molar-refractivity contribution in [1.29, 1.82) is 0 Å². The van der Waals surface area contributed by atoms with Crippen molar-refractivity contribution in [2.75, 3.05) is 71.1 Å². The molecule has 0 saturated heterocycles. The van der Waals surface area contributed by atoms with E-state index in [1.165, 1.54) is 4.90 Å². The molecular formula is C29H41NO9S. The van der Waals surface area contributed by atoms with Crippen LogP contribution in [0.15, 0.2) is 48.5 Å². The van der Waals surface area contributed by atoms with E-state index in [0.29, 0.717) is 39.6 Å². The summed E-state index contributed by atoms with van der Waals surface area (Å²) in [5.74, 6) is 0.753. The van der Waals surface area contributed by atoms with E-state index in [9.17, 15) is 13.2 Å². The number of carbonyl (C=O) groups excluding carboxylic acids is 1. The van der Waals surface area contributed by atoms with E-state index in [0.717, 1.165) is 28.8 Å². The molecule has 40 heavy (non-hydrogen) atoms. The zero-order valence-electron chi connectivity index (χ0n) is 24.0. The second-order valence-corrected chi connectivity index (χ2v) is 11.4. The summed E-state index contributed by atoms with van der Waals surface area (Å²) in [6, 6.07) is 15.4. The summed E-state index contributed by atoms with van der Waals surface area (Å²) in [5.41, 5.74) is 2.25. The number of ether oxygens (including phenoxy) is 5. The SMILES string of the molecule is CN(C(=O)OC(C)(C)C)c1ccc(C=Cc2ccc(OCCOCCOCCOCCOS(C)(=O)=O)cc2)cc1. The topological polar surface area (TPSA) is 110 Å². The summed E-state index contributed by atoms with van der Waals surface area (Å²) >= 11 is 0. The van der Waals surface area contributed by atoms with Gasteiger partial charge >= 0.3 is 6.09 Å². The van der Waals surface area contributed by atoms with Crippen molar-refractivity contribution in [2.24, 2.45) is 0 Å². The van der Waals surface area contributed by atoms with Gasteiger partial charge in [0.05, 0.1) is 52.5 Å². The summed E-state index contributed by atoms with van der Waals surface area (Å²) in [6.07, 6.45) is 4.61. The second-order valence-electron chi connectivity index (χ2n) is 9.74. The molecule has 0 heterocycles. The third-order valence-corrected chi connectivity index (χ3v) is 5.66. The summed E-state index contributed by atoms with van der Waals surface area (Å²) < 4.78 is 53.3. The third-order valence-electron chi connectivity index (χ3n) is 5.06. The Bertz CT molecular complexity index is 1140. The van der Waals surface area contributed by atoms with E-state index < -0.39 is 21.8 Å². The maximum absolute atomic E-state index is 12.2. The highest BCUT2D eigenvalue weighted by Crippen LogP contribution is 2.19. The zero-order valence-corrected chi connectivity index (χ0v) is 24.8. The molecular weight excluding hydrogens is 538 g/mol. The zero-order chi connectivity index (χ0) is 29.4. The van der Waals surface area contributed by atoms with Gasteiger partial charge in [-0.25, -0.2) is 4.79 Å². The lowest BCUT2D eigenvalue weighted by molar-refractivity contribution is 0.00532. The number of anilines is 1. The molecule has 0 atom stereocenters. The molecule has 2 aromatic carbocycles. The number of amides is 1. The fourth-order valence-corrected chi connectivity index (χ4v) is 3.49. The average molecular weight is 580 g/mol. The van der Waals surface area contributed by atoms with Crippen LogP contribution in [0.1, 0.15) is 31.9 Å². The fourth-order valence-electron chi connectivity index (χ4n) is 3.12. The van der Waals surface area contributed by atoms with Crippen LogP contribution in [0, 0.1) is 0 Å². The molecule has 0 aliphatic carbocycles. The minimum absolute atomic E-state index is 0.00611. The molecule has 0 aliphatic rings. The smallest absolute Gasteiger partial charge is 0.414 e. The Labute approximate surface area is 237 Å². The third kappa shape index (κ3) is 15.0. The molecule has 222 valence electrons. The molecule has 10 nitrogen and oxygen atoms in total. The average Bonchev–Trinajstić information content (AvgIpc) is 2.89. The molecule has 0 unspecified atom stereocenters. The monoisotopic (exact) mass is 579 g/mol. The first-order valence-electron chi connectivity index (χ1n) is 13.0. The van der Waals surface area contributed by atoms with Crippen LogP contribution < -0.4 is 9.64 Å². The van der Waals surface area contributed by atoms with Gasteiger partial charge in [-0.15, -0.1) is 0 Å². The predicted molar refractivity (Wildman–Crippen MR) is 155 cm³/mol. The molecule has 0 fully saturated rings. The van der Waals surface area contributed by atoms with E-state index in [2.05, 4.69) is 4.18 Å². The van der Waals surface area contributed by atoms with Crippen LogP contribution in [0.4, 0.5) is 10.5 Å². The van der Waals surface area contributed by atoms with Crippen LogP contribution in [-0.2, 0) is 33.2 Å². The molecule has 2 aromatic rings. The Morgan fingerprint density at radius 2 is 1.20 bits per heavy atom. The molecule has 0 saturated carbocycles. The molecule has 0 N–H and O–H groups in total. The van der Waals surface area contributed by atoms with Gasteiger partial charge in [0.15, 0.2) is 0 Å². The molecule has 0 spiro atoms. The first kappa shape index (κ1) is 33.2. The van der Waals surface area contributed by atoms with Crippen LogP contribution in [0.5, 0.6) is 5.75 Å². The van der Waals surface area contributed by atoms with Crippen molar-refractivity contribution in [2.45, 2.75) is 26.4 Å². The van der Waals surface area contributed by atoms with E-state index >= 15 is 0 Å². The molecule has 0 aromatic heterocycles. The van der Waals surface area contributed by atoms with E-state index in [4.69, 9.17) is 23.7 Å². The van der Waals surface area contributed by atoms with Gasteiger partial charge in [0.1, 0.15) is 18.0 Å². The summed E-state index contributed by atoms with van der Waals surface area (Å²) in [7, 11) is -1.74. The van der Waals surface area contributed by atoms with E-state index in [1.54, 1.807) is 7.05 Å². The maximum Gasteiger partial charge on any atom is 0.414 e. The quantitative estimate of drug-likeness (QED) is 0.150. The second kappa shape index (κ2) is 17.0. The molecule has 2 rings (SSSR count). The summed E-state index contributed by atoms with van der Waals surface area (Å²) in [5, 5.41) is 0. The number of carbonyl (C=O) groups is 1. The van der Waals surface area contributed by atoms with Crippen molar-refractivity contribution < 1.29 is 41.1 Å². The van der Waals surface area contributed by atoms with Crippen molar-refractivity contribution in [3.63, 3.8) is 0 Å². The van der Waals surface area contributed by atoms with E-state index in [-0.39, 0.29) is 13.2 Å². The summed E-state index contributed by atoms with van der Waals surface area (Å²) in [4.78, 5) is 13.7. The van der Waals surface area contributed by atoms with Crippen molar-refractivity contribution in [3.8, 4) is 5.75 Å². The van der Waals surface area contributed by atoms with E-state index in [1.807, 2.05) is 81.5 Å². The molecule has 0 aliphatic heterocycles. The lowest BCUT2D eigenvalue weighted by Gasteiger charge is -2.24. The number of hydrogen-bond donors (Lipinski definition) is 0. The minimum Gasteiger partial charge on any atom is -0.491 e. The van der Waals surface area contributed by atoms with Crippen LogP contribution in [0.3, 0.4) is 0 Å². The normalized spacial score (nSPS) is 12.0. The largest absolute Gasteiger partial charge is 0.491 e. The molecule has 1 amide bonds. The Balaban J connectivity index is 1.58. The number of hydrogen-bond acceptors (Lipinski definition) is 9. The van der Waals surface area contributed by atoms with Crippen molar-refractivity contribution >= 4 is 34.1 Å². The molecule has 0 radical (unpaired) electrons. The predicted octanol–water partition coefficient (Wildman–Crippen LogP) is 4.63. The molecule has 0 bridgehead atoms. The van der Waals surface area contributed by atoms with Gasteiger partial charge in [-0.1, -0.05) is 36.4 Å². The maximum atomic E-state index is 12.2. The highest BCUT2D eigenvalue weighted by Gasteiger charge is 2.20. The number of nitrogens with zero attached hydrogens (tertiary/aromatic N) is 1. The Kier molecular flexibility index (Phi) is 14.1. The van der Waals surface area contributed by atoms with Gasteiger partial charge in [0, 0.05) is 12.7 Å². The Morgan fingerprint density at radius 1 is 0.750 bits per heavy atom. The number of benzene rings is 2. The standard InChI is InChI=1S/C29H41NO9S/c1-29(2,3)39-28(31)30(4)26-12-8-24(9-13-26)6-7-25-10-14-27(15-11-25)37-22-20-35-18-16-34-17-19-36-21-23-38-40(5,32)33/h6-15H,16-23H2,1-5H3. The first-order valence-corrected chi connectivity index (χ1v) is 14.8. The van der Waals surface area contributed by atoms with Gasteiger partial charge in [-0.3, -0.25) is 9.08 Å². The van der Waals surface area contributed by atoms with Gasteiger partial charge in [-0.05, 0) is 56.2 Å². The lowest BCUT2D eigenvalue weighted by Crippen LogP contribution is -2.34.